The highest BCUT2D eigenvalue weighted by molar-refractivity contribution is 6.05. The monoisotopic (exact) mass is 404 g/mol. The number of carboxylic acid groups (broad SMARTS) is 1. The van der Waals surface area contributed by atoms with Crippen molar-refractivity contribution in [2.75, 3.05) is 32.7 Å². The third-order valence-corrected chi connectivity index (χ3v) is 5.43. The minimum atomic E-state index is -0.992. The maximum Gasteiger partial charge on any atom is 0.336 e. The quantitative estimate of drug-likeness (QED) is 0.653. The Bertz CT molecular complexity index is 1080. The standard InChI is InChI=1S/C23H24N4O3/c24-10-11-27-13-12-26(15-20(27)28)14-18-21(23(29)30)17-8-4-5-9-19(17)25-22(18)16-6-2-1-3-7-16/h1-9H,10-15,24H2,(H,29,30). The molecule has 2 heterocycles. The van der Waals surface area contributed by atoms with Crippen LogP contribution in [0.25, 0.3) is 22.2 Å². The van der Waals surface area contributed by atoms with Gasteiger partial charge in [-0.25, -0.2) is 9.78 Å². The van der Waals surface area contributed by atoms with E-state index in [1.54, 1.807) is 11.0 Å². The highest BCUT2D eigenvalue weighted by Crippen LogP contribution is 2.31. The first-order chi connectivity index (χ1) is 14.6. The molecule has 0 radical (unpaired) electrons. The van der Waals surface area contributed by atoms with Gasteiger partial charge in [0.1, 0.15) is 0 Å². The van der Waals surface area contributed by atoms with Gasteiger partial charge in [0.2, 0.25) is 5.91 Å². The maximum absolute atomic E-state index is 12.5. The van der Waals surface area contributed by atoms with Crippen molar-refractivity contribution < 1.29 is 14.7 Å². The van der Waals surface area contributed by atoms with Gasteiger partial charge < -0.3 is 15.7 Å². The molecule has 1 aliphatic heterocycles. The SMILES string of the molecule is NCCN1CCN(Cc2c(-c3ccccc3)nc3ccccc3c2C(=O)O)CC1=O. The predicted molar refractivity (Wildman–Crippen MR) is 115 cm³/mol. The van der Waals surface area contributed by atoms with Crippen LogP contribution < -0.4 is 5.73 Å². The molecule has 7 nitrogen and oxygen atoms in total. The summed E-state index contributed by atoms with van der Waals surface area (Å²) in [6.45, 7) is 2.79. The first kappa shape index (κ1) is 20.0. The number of amides is 1. The average Bonchev–Trinajstić information content (AvgIpc) is 2.75. The number of fused-ring (bicyclic) bond motifs is 1. The molecule has 3 N–H and O–H groups in total. The van der Waals surface area contributed by atoms with E-state index in [1.165, 1.54) is 0 Å². The number of carbonyl (C=O) groups excluding carboxylic acids is 1. The zero-order chi connectivity index (χ0) is 21.1. The van der Waals surface area contributed by atoms with Crippen LogP contribution in [0.15, 0.2) is 54.6 Å². The number of benzene rings is 2. The van der Waals surface area contributed by atoms with E-state index in [9.17, 15) is 14.7 Å². The molecular formula is C23H24N4O3. The second-order valence-corrected chi connectivity index (χ2v) is 7.38. The summed E-state index contributed by atoms with van der Waals surface area (Å²) in [5, 5.41) is 10.7. The first-order valence-electron chi connectivity index (χ1n) is 9.99. The van der Waals surface area contributed by atoms with Crippen LogP contribution in [0.3, 0.4) is 0 Å². The number of carbonyl (C=O) groups is 2. The second kappa shape index (κ2) is 8.61. The Morgan fingerprint density at radius 1 is 1.07 bits per heavy atom. The van der Waals surface area contributed by atoms with Crippen molar-refractivity contribution >= 4 is 22.8 Å². The van der Waals surface area contributed by atoms with Crippen molar-refractivity contribution in [3.05, 3.63) is 65.7 Å². The van der Waals surface area contributed by atoms with E-state index in [-0.39, 0.29) is 18.0 Å². The lowest BCUT2D eigenvalue weighted by molar-refractivity contribution is -0.136. The van der Waals surface area contributed by atoms with Gasteiger partial charge in [-0.15, -0.1) is 0 Å². The van der Waals surface area contributed by atoms with Gasteiger partial charge in [0.15, 0.2) is 0 Å². The molecule has 0 spiro atoms. The predicted octanol–water partition coefficient (Wildman–Crippen LogP) is 2.20. The van der Waals surface area contributed by atoms with Gasteiger partial charge in [0.25, 0.3) is 0 Å². The molecule has 30 heavy (non-hydrogen) atoms. The highest BCUT2D eigenvalue weighted by Gasteiger charge is 2.27. The molecule has 154 valence electrons. The Kier molecular flexibility index (Phi) is 5.74. The molecule has 0 bridgehead atoms. The molecule has 0 aliphatic carbocycles. The van der Waals surface area contributed by atoms with Gasteiger partial charge in [-0.2, -0.15) is 0 Å². The molecule has 1 saturated heterocycles. The molecule has 1 aliphatic rings. The molecular weight excluding hydrogens is 380 g/mol. The fourth-order valence-corrected chi connectivity index (χ4v) is 3.99. The molecule has 3 aromatic rings. The van der Waals surface area contributed by atoms with Crippen molar-refractivity contribution in [2.24, 2.45) is 5.73 Å². The Morgan fingerprint density at radius 2 is 1.80 bits per heavy atom. The van der Waals surface area contributed by atoms with Crippen LogP contribution in [0.5, 0.6) is 0 Å². The Labute approximate surface area is 174 Å². The second-order valence-electron chi connectivity index (χ2n) is 7.38. The number of para-hydroxylation sites is 1. The molecule has 1 aromatic heterocycles. The highest BCUT2D eigenvalue weighted by atomic mass is 16.4. The summed E-state index contributed by atoms with van der Waals surface area (Å²) in [5.74, 6) is -0.979. The van der Waals surface area contributed by atoms with E-state index in [2.05, 4.69) is 0 Å². The summed E-state index contributed by atoms with van der Waals surface area (Å²) in [5.41, 5.74) is 8.61. The van der Waals surface area contributed by atoms with E-state index in [1.807, 2.05) is 53.4 Å². The number of aromatic nitrogens is 1. The van der Waals surface area contributed by atoms with Gasteiger partial charge in [-0.3, -0.25) is 9.69 Å². The zero-order valence-electron chi connectivity index (χ0n) is 16.6. The van der Waals surface area contributed by atoms with Crippen molar-refractivity contribution in [1.82, 2.24) is 14.8 Å². The minimum Gasteiger partial charge on any atom is -0.478 e. The smallest absolute Gasteiger partial charge is 0.336 e. The number of nitrogens with two attached hydrogens (primary N) is 1. The largest absolute Gasteiger partial charge is 0.478 e. The molecule has 4 rings (SSSR count). The summed E-state index contributed by atoms with van der Waals surface area (Å²) in [6, 6.07) is 16.9. The molecule has 0 saturated carbocycles. The first-order valence-corrected chi connectivity index (χ1v) is 9.99. The number of hydrogen-bond acceptors (Lipinski definition) is 5. The van der Waals surface area contributed by atoms with Gasteiger partial charge in [-0.1, -0.05) is 48.5 Å². The lowest BCUT2D eigenvalue weighted by Gasteiger charge is -2.34. The summed E-state index contributed by atoms with van der Waals surface area (Å²) in [7, 11) is 0. The van der Waals surface area contributed by atoms with Crippen LogP contribution in [0, 0.1) is 0 Å². The summed E-state index contributed by atoms with van der Waals surface area (Å²) in [6.07, 6.45) is 0. The van der Waals surface area contributed by atoms with E-state index >= 15 is 0 Å². The van der Waals surface area contributed by atoms with Crippen LogP contribution in [0.4, 0.5) is 0 Å². The number of piperazine rings is 1. The van der Waals surface area contributed by atoms with Crippen molar-refractivity contribution in [3.8, 4) is 11.3 Å². The van der Waals surface area contributed by atoms with Crippen LogP contribution in [0.2, 0.25) is 0 Å². The number of hydrogen-bond donors (Lipinski definition) is 2. The third-order valence-electron chi connectivity index (χ3n) is 5.43. The molecule has 1 fully saturated rings. The topological polar surface area (TPSA) is 99.8 Å². The van der Waals surface area contributed by atoms with Gasteiger partial charge in [-0.05, 0) is 6.07 Å². The van der Waals surface area contributed by atoms with Crippen molar-refractivity contribution in [3.63, 3.8) is 0 Å². The lowest BCUT2D eigenvalue weighted by Crippen LogP contribution is -2.51. The number of nitrogens with zero attached hydrogens (tertiary/aromatic N) is 3. The Hall–Kier alpha value is -3.29. The van der Waals surface area contributed by atoms with Gasteiger partial charge >= 0.3 is 5.97 Å². The number of aromatic carboxylic acids is 1. The zero-order valence-corrected chi connectivity index (χ0v) is 16.6. The molecule has 7 heteroatoms. The summed E-state index contributed by atoms with van der Waals surface area (Å²) < 4.78 is 0. The fraction of sp³-hybridized carbons (Fsp3) is 0.261. The van der Waals surface area contributed by atoms with E-state index in [0.29, 0.717) is 54.9 Å². The van der Waals surface area contributed by atoms with Gasteiger partial charge in [0, 0.05) is 49.2 Å². The van der Waals surface area contributed by atoms with Crippen LogP contribution in [-0.4, -0.2) is 64.5 Å². The normalized spacial score (nSPS) is 15.0. The molecule has 2 aromatic carbocycles. The van der Waals surface area contributed by atoms with Crippen molar-refractivity contribution in [2.45, 2.75) is 6.54 Å². The lowest BCUT2D eigenvalue weighted by atomic mass is 9.96. The van der Waals surface area contributed by atoms with E-state index in [4.69, 9.17) is 10.7 Å². The van der Waals surface area contributed by atoms with Crippen LogP contribution in [-0.2, 0) is 11.3 Å². The van der Waals surface area contributed by atoms with Crippen molar-refractivity contribution in [1.29, 1.82) is 0 Å². The molecule has 0 unspecified atom stereocenters. The summed E-state index contributed by atoms with van der Waals surface area (Å²) >= 11 is 0. The van der Waals surface area contributed by atoms with Gasteiger partial charge in [0.05, 0.1) is 23.3 Å². The van der Waals surface area contributed by atoms with E-state index < -0.39 is 5.97 Å². The molecule has 1 amide bonds. The Balaban J connectivity index is 1.80. The fourth-order valence-electron chi connectivity index (χ4n) is 3.99. The maximum atomic E-state index is 12.5. The number of carboxylic acids is 1. The average molecular weight is 404 g/mol. The molecule has 0 atom stereocenters. The third kappa shape index (κ3) is 3.90. The summed E-state index contributed by atoms with van der Waals surface area (Å²) in [4.78, 5) is 33.4. The minimum absolute atomic E-state index is 0.0126. The Morgan fingerprint density at radius 3 is 2.50 bits per heavy atom. The van der Waals surface area contributed by atoms with Crippen LogP contribution in [0.1, 0.15) is 15.9 Å². The number of rotatable bonds is 6. The van der Waals surface area contributed by atoms with E-state index in [0.717, 1.165) is 5.56 Å². The number of pyridine rings is 1. The van der Waals surface area contributed by atoms with Crippen LogP contribution >= 0.6 is 0 Å².